The van der Waals surface area contributed by atoms with Crippen LogP contribution in [-0.4, -0.2) is 29.7 Å². The van der Waals surface area contributed by atoms with E-state index in [9.17, 15) is 5.11 Å². The summed E-state index contributed by atoms with van der Waals surface area (Å²) >= 11 is 0. The van der Waals surface area contributed by atoms with Crippen LogP contribution in [0.1, 0.15) is 31.0 Å². The molecule has 84 valence electrons. The summed E-state index contributed by atoms with van der Waals surface area (Å²) in [5.41, 5.74) is 1.65. The van der Waals surface area contributed by atoms with Crippen molar-refractivity contribution < 1.29 is 5.11 Å². The van der Waals surface area contributed by atoms with Gasteiger partial charge in [-0.1, -0.05) is 29.8 Å². The molecule has 1 N–H and O–H groups in total. The Morgan fingerprint density at radius 3 is 2.27 bits per heavy atom. The molecule has 1 aromatic carbocycles. The molecule has 0 spiro atoms. The van der Waals surface area contributed by atoms with Gasteiger partial charge in [-0.15, -0.1) is 0 Å². The lowest BCUT2D eigenvalue weighted by atomic mass is 9.90. The fourth-order valence-corrected chi connectivity index (χ4v) is 2.18. The quantitative estimate of drug-likeness (QED) is 0.822. The second-order valence-electron chi connectivity index (χ2n) is 4.93. The molecule has 2 nitrogen and oxygen atoms in total. The third-order valence-corrected chi connectivity index (χ3v) is 2.54. The molecular weight excluding hydrogens is 186 g/mol. The molecule has 0 saturated carbocycles. The first-order valence-electron chi connectivity index (χ1n) is 5.27. The van der Waals surface area contributed by atoms with E-state index in [1.54, 1.807) is 0 Å². The maximum atomic E-state index is 10.2. The SMILES string of the molecule is Cc1cccc(C(N(C)C)C(C)(C)O)c1. The van der Waals surface area contributed by atoms with Gasteiger partial charge in [0.15, 0.2) is 0 Å². The Kier molecular flexibility index (Phi) is 3.53. The van der Waals surface area contributed by atoms with Crippen molar-refractivity contribution in [2.75, 3.05) is 14.1 Å². The highest BCUT2D eigenvalue weighted by Crippen LogP contribution is 2.29. The lowest BCUT2D eigenvalue weighted by molar-refractivity contribution is -0.00316. The van der Waals surface area contributed by atoms with Gasteiger partial charge in [-0.25, -0.2) is 0 Å². The molecule has 0 heterocycles. The van der Waals surface area contributed by atoms with E-state index in [0.29, 0.717) is 0 Å². The van der Waals surface area contributed by atoms with Gasteiger partial charge in [0.25, 0.3) is 0 Å². The van der Waals surface area contributed by atoms with Crippen molar-refractivity contribution in [3.05, 3.63) is 35.4 Å². The van der Waals surface area contributed by atoms with Crippen LogP contribution in [0.15, 0.2) is 24.3 Å². The highest BCUT2D eigenvalue weighted by atomic mass is 16.3. The summed E-state index contributed by atoms with van der Waals surface area (Å²) in [4.78, 5) is 2.05. The maximum Gasteiger partial charge on any atom is 0.0787 e. The zero-order valence-corrected chi connectivity index (χ0v) is 10.3. The van der Waals surface area contributed by atoms with E-state index in [1.165, 1.54) is 5.56 Å². The predicted octanol–water partition coefficient (Wildman–Crippen LogP) is 2.37. The molecule has 0 aliphatic heterocycles. The van der Waals surface area contributed by atoms with E-state index in [2.05, 4.69) is 30.0 Å². The summed E-state index contributed by atoms with van der Waals surface area (Å²) in [5, 5.41) is 10.2. The van der Waals surface area contributed by atoms with Crippen LogP contribution in [0.5, 0.6) is 0 Å². The van der Waals surface area contributed by atoms with Crippen LogP contribution >= 0.6 is 0 Å². The Bertz CT molecular complexity index is 326. The third kappa shape index (κ3) is 3.05. The Morgan fingerprint density at radius 2 is 1.87 bits per heavy atom. The summed E-state index contributed by atoms with van der Waals surface area (Å²) in [6.07, 6.45) is 0. The van der Waals surface area contributed by atoms with E-state index < -0.39 is 5.60 Å². The van der Waals surface area contributed by atoms with Crippen LogP contribution in [0.25, 0.3) is 0 Å². The molecule has 0 aromatic heterocycles. The summed E-state index contributed by atoms with van der Waals surface area (Å²) in [5.74, 6) is 0. The van der Waals surface area contributed by atoms with Crippen LogP contribution in [0, 0.1) is 6.92 Å². The number of aliphatic hydroxyl groups is 1. The highest BCUT2D eigenvalue weighted by Gasteiger charge is 2.29. The zero-order chi connectivity index (χ0) is 11.6. The van der Waals surface area contributed by atoms with Gasteiger partial charge in [-0.2, -0.15) is 0 Å². The van der Waals surface area contributed by atoms with Crippen LogP contribution in [0.2, 0.25) is 0 Å². The minimum absolute atomic E-state index is 0.0254. The number of rotatable bonds is 3. The molecular formula is C13H21NO. The summed E-state index contributed by atoms with van der Waals surface area (Å²) in [7, 11) is 3.98. The van der Waals surface area contributed by atoms with Gasteiger partial charge in [0.2, 0.25) is 0 Å². The Morgan fingerprint density at radius 1 is 1.27 bits per heavy atom. The molecule has 1 rings (SSSR count). The van der Waals surface area contributed by atoms with Crippen molar-refractivity contribution in [3.63, 3.8) is 0 Å². The standard InChI is InChI=1S/C13H21NO/c1-10-7-6-8-11(9-10)12(14(4)5)13(2,3)15/h6-9,12,15H,1-5H3. The van der Waals surface area contributed by atoms with E-state index in [0.717, 1.165) is 5.56 Å². The van der Waals surface area contributed by atoms with Crippen molar-refractivity contribution in [1.82, 2.24) is 4.90 Å². The van der Waals surface area contributed by atoms with Gasteiger partial charge in [-0.05, 0) is 40.4 Å². The van der Waals surface area contributed by atoms with Crippen molar-refractivity contribution in [2.24, 2.45) is 0 Å². The number of hydrogen-bond acceptors (Lipinski definition) is 2. The van der Waals surface area contributed by atoms with E-state index in [-0.39, 0.29) is 6.04 Å². The average Bonchev–Trinajstić information content (AvgIpc) is 1.99. The molecule has 0 radical (unpaired) electrons. The first-order valence-corrected chi connectivity index (χ1v) is 5.27. The second-order valence-corrected chi connectivity index (χ2v) is 4.93. The van der Waals surface area contributed by atoms with E-state index in [4.69, 9.17) is 0 Å². The van der Waals surface area contributed by atoms with Gasteiger partial charge in [0.05, 0.1) is 11.6 Å². The second kappa shape index (κ2) is 4.33. The molecule has 0 aliphatic carbocycles. The molecule has 0 amide bonds. The smallest absolute Gasteiger partial charge is 0.0787 e. The number of benzene rings is 1. The molecule has 1 aromatic rings. The van der Waals surface area contributed by atoms with Crippen molar-refractivity contribution >= 4 is 0 Å². The average molecular weight is 207 g/mol. The lowest BCUT2D eigenvalue weighted by Crippen LogP contribution is -2.38. The molecule has 0 fully saturated rings. The minimum Gasteiger partial charge on any atom is -0.388 e. The minimum atomic E-state index is -0.739. The molecule has 0 saturated heterocycles. The Hall–Kier alpha value is -0.860. The Labute approximate surface area is 92.5 Å². The third-order valence-electron chi connectivity index (χ3n) is 2.54. The Balaban J connectivity index is 3.11. The highest BCUT2D eigenvalue weighted by molar-refractivity contribution is 5.26. The molecule has 1 unspecified atom stereocenters. The van der Waals surface area contributed by atoms with Crippen molar-refractivity contribution in [3.8, 4) is 0 Å². The number of aryl methyl sites for hydroxylation is 1. The van der Waals surface area contributed by atoms with Crippen LogP contribution < -0.4 is 0 Å². The normalized spacial score (nSPS) is 14.3. The van der Waals surface area contributed by atoms with E-state index >= 15 is 0 Å². The summed E-state index contributed by atoms with van der Waals surface area (Å²) in [6.45, 7) is 5.76. The molecule has 0 aliphatic rings. The maximum absolute atomic E-state index is 10.2. The topological polar surface area (TPSA) is 23.5 Å². The van der Waals surface area contributed by atoms with Gasteiger partial charge >= 0.3 is 0 Å². The fourth-order valence-electron chi connectivity index (χ4n) is 2.18. The first-order chi connectivity index (χ1) is 6.82. The largest absolute Gasteiger partial charge is 0.388 e. The van der Waals surface area contributed by atoms with E-state index in [1.807, 2.05) is 34.0 Å². The van der Waals surface area contributed by atoms with Crippen molar-refractivity contribution in [1.29, 1.82) is 0 Å². The fraction of sp³-hybridized carbons (Fsp3) is 0.538. The molecule has 15 heavy (non-hydrogen) atoms. The monoisotopic (exact) mass is 207 g/mol. The van der Waals surface area contributed by atoms with Crippen LogP contribution in [0.3, 0.4) is 0 Å². The summed E-state index contributed by atoms with van der Waals surface area (Å²) in [6, 6.07) is 8.32. The summed E-state index contributed by atoms with van der Waals surface area (Å²) < 4.78 is 0. The first kappa shape index (κ1) is 12.2. The lowest BCUT2D eigenvalue weighted by Gasteiger charge is -2.35. The van der Waals surface area contributed by atoms with Crippen LogP contribution in [0.4, 0.5) is 0 Å². The molecule has 0 bridgehead atoms. The van der Waals surface area contributed by atoms with Gasteiger partial charge in [0, 0.05) is 0 Å². The number of likely N-dealkylation sites (N-methyl/N-ethyl adjacent to an activating group) is 1. The van der Waals surface area contributed by atoms with Gasteiger partial charge in [0.1, 0.15) is 0 Å². The molecule has 2 heteroatoms. The number of hydrogen-bond donors (Lipinski definition) is 1. The van der Waals surface area contributed by atoms with Crippen molar-refractivity contribution in [2.45, 2.75) is 32.4 Å². The number of nitrogens with zero attached hydrogens (tertiary/aromatic N) is 1. The zero-order valence-electron chi connectivity index (χ0n) is 10.3. The van der Waals surface area contributed by atoms with Gasteiger partial charge < -0.3 is 5.11 Å². The molecule has 1 atom stereocenters. The predicted molar refractivity (Wildman–Crippen MR) is 63.9 cm³/mol. The van der Waals surface area contributed by atoms with Crippen LogP contribution in [-0.2, 0) is 0 Å². The van der Waals surface area contributed by atoms with Gasteiger partial charge in [-0.3, -0.25) is 4.90 Å².